The number of carbonyl (C=O) groups excluding carboxylic acids is 1. The summed E-state index contributed by atoms with van der Waals surface area (Å²) in [6.45, 7) is 4.70. The number of carbonyl (C=O) groups is 1. The zero-order chi connectivity index (χ0) is 17.2. The molecule has 0 atom stereocenters. The summed E-state index contributed by atoms with van der Waals surface area (Å²) in [5.74, 6) is 0.288. The van der Waals surface area contributed by atoms with Crippen LogP contribution in [0, 0.1) is 0 Å². The molecule has 1 aromatic heterocycles. The van der Waals surface area contributed by atoms with Gasteiger partial charge in [0.25, 0.3) is 0 Å². The fourth-order valence-electron chi connectivity index (χ4n) is 3.83. The Bertz CT molecular complexity index is 848. The molecule has 0 spiro atoms. The molecule has 1 fully saturated rings. The third kappa shape index (κ3) is 3.39. The molecule has 1 aliphatic heterocycles. The predicted molar refractivity (Wildman–Crippen MR) is 107 cm³/mol. The molecule has 1 aromatic carbocycles. The SMILES string of the molecule is CC(=O)CCN1CCC(=C2c3ccccc3C=Cc3sccc32)CC1. The van der Waals surface area contributed by atoms with Crippen molar-refractivity contribution in [3.05, 3.63) is 62.9 Å². The van der Waals surface area contributed by atoms with Crippen molar-refractivity contribution in [2.75, 3.05) is 19.6 Å². The van der Waals surface area contributed by atoms with Gasteiger partial charge in [0, 0.05) is 36.5 Å². The number of hydrogen-bond donors (Lipinski definition) is 0. The normalized spacial score (nSPS) is 17.2. The lowest BCUT2D eigenvalue weighted by Crippen LogP contribution is -2.32. The molecule has 4 rings (SSSR count). The van der Waals surface area contributed by atoms with E-state index < -0.39 is 0 Å². The van der Waals surface area contributed by atoms with Gasteiger partial charge >= 0.3 is 0 Å². The average Bonchev–Trinajstić information content (AvgIpc) is 3.02. The molecule has 0 amide bonds. The monoisotopic (exact) mass is 349 g/mol. The van der Waals surface area contributed by atoms with Crippen molar-refractivity contribution in [1.82, 2.24) is 4.90 Å². The molecule has 2 heterocycles. The highest BCUT2D eigenvalue weighted by Gasteiger charge is 2.23. The molecule has 1 saturated heterocycles. The maximum absolute atomic E-state index is 11.2. The van der Waals surface area contributed by atoms with Gasteiger partial charge in [0.2, 0.25) is 0 Å². The maximum Gasteiger partial charge on any atom is 0.131 e. The third-order valence-electron chi connectivity index (χ3n) is 5.20. The molecule has 128 valence electrons. The summed E-state index contributed by atoms with van der Waals surface area (Å²) in [6, 6.07) is 11.0. The van der Waals surface area contributed by atoms with Crippen LogP contribution in [0.1, 0.15) is 47.8 Å². The number of benzene rings is 1. The van der Waals surface area contributed by atoms with Crippen LogP contribution >= 0.6 is 11.3 Å². The zero-order valence-corrected chi connectivity index (χ0v) is 15.4. The van der Waals surface area contributed by atoms with Crippen molar-refractivity contribution in [3.8, 4) is 0 Å². The molecule has 2 aliphatic rings. The first kappa shape index (κ1) is 16.5. The smallest absolute Gasteiger partial charge is 0.131 e. The van der Waals surface area contributed by atoms with E-state index in [4.69, 9.17) is 0 Å². The minimum Gasteiger partial charge on any atom is -0.302 e. The average molecular weight is 349 g/mol. The Morgan fingerprint density at radius 1 is 1.08 bits per heavy atom. The van der Waals surface area contributed by atoms with Gasteiger partial charge in [0.15, 0.2) is 0 Å². The van der Waals surface area contributed by atoms with Crippen LogP contribution in [-0.4, -0.2) is 30.3 Å². The van der Waals surface area contributed by atoms with Gasteiger partial charge in [0.1, 0.15) is 5.78 Å². The standard InChI is InChI=1S/C22H23NOS/c1-16(24)8-12-23-13-9-18(10-14-23)22-19-5-3-2-4-17(19)6-7-21-20(22)11-15-25-21/h2-7,11,15H,8-10,12-14H2,1H3. The topological polar surface area (TPSA) is 20.3 Å². The van der Waals surface area contributed by atoms with Gasteiger partial charge in [-0.15, -0.1) is 11.3 Å². The zero-order valence-electron chi connectivity index (χ0n) is 14.6. The number of likely N-dealkylation sites (tertiary alicyclic amines) is 1. The van der Waals surface area contributed by atoms with E-state index in [-0.39, 0.29) is 5.78 Å². The van der Waals surface area contributed by atoms with E-state index in [1.807, 2.05) is 11.3 Å². The minimum atomic E-state index is 0.288. The molecule has 2 nitrogen and oxygen atoms in total. The summed E-state index contributed by atoms with van der Waals surface area (Å²) in [5.41, 5.74) is 7.08. The Morgan fingerprint density at radius 3 is 2.68 bits per heavy atom. The second kappa shape index (κ2) is 7.11. The van der Waals surface area contributed by atoms with Crippen LogP contribution in [0.2, 0.25) is 0 Å². The lowest BCUT2D eigenvalue weighted by molar-refractivity contribution is -0.117. The molecular formula is C22H23NOS. The summed E-state index contributed by atoms with van der Waals surface area (Å²) < 4.78 is 0. The van der Waals surface area contributed by atoms with E-state index in [1.165, 1.54) is 27.1 Å². The molecule has 3 heteroatoms. The van der Waals surface area contributed by atoms with E-state index in [0.29, 0.717) is 6.42 Å². The van der Waals surface area contributed by atoms with Crippen LogP contribution in [0.15, 0.2) is 41.3 Å². The molecule has 0 radical (unpaired) electrons. The van der Waals surface area contributed by atoms with Gasteiger partial charge < -0.3 is 4.90 Å². The first-order valence-corrected chi connectivity index (χ1v) is 9.89. The van der Waals surface area contributed by atoms with E-state index >= 15 is 0 Å². The maximum atomic E-state index is 11.2. The van der Waals surface area contributed by atoms with Crippen molar-refractivity contribution in [1.29, 1.82) is 0 Å². The molecule has 0 saturated carbocycles. The highest BCUT2D eigenvalue weighted by Crippen LogP contribution is 2.40. The summed E-state index contributed by atoms with van der Waals surface area (Å²) >= 11 is 1.82. The Balaban J connectivity index is 1.67. The number of hydrogen-bond acceptors (Lipinski definition) is 3. The van der Waals surface area contributed by atoms with Gasteiger partial charge in [-0.25, -0.2) is 0 Å². The number of piperidine rings is 1. The Labute approximate surface area is 153 Å². The summed E-state index contributed by atoms with van der Waals surface area (Å²) in [6.07, 6.45) is 7.37. The summed E-state index contributed by atoms with van der Waals surface area (Å²) in [5, 5.41) is 2.20. The molecule has 0 bridgehead atoms. The van der Waals surface area contributed by atoms with Crippen molar-refractivity contribution in [3.63, 3.8) is 0 Å². The van der Waals surface area contributed by atoms with Crippen LogP contribution in [0.25, 0.3) is 17.7 Å². The van der Waals surface area contributed by atoms with Crippen molar-refractivity contribution in [2.45, 2.75) is 26.2 Å². The van der Waals surface area contributed by atoms with E-state index in [1.54, 1.807) is 12.5 Å². The molecule has 1 aliphatic carbocycles. The third-order valence-corrected chi connectivity index (χ3v) is 6.08. The van der Waals surface area contributed by atoms with E-state index in [0.717, 1.165) is 32.5 Å². The minimum absolute atomic E-state index is 0.288. The second-order valence-electron chi connectivity index (χ2n) is 6.89. The van der Waals surface area contributed by atoms with Gasteiger partial charge in [-0.05, 0) is 54.0 Å². The van der Waals surface area contributed by atoms with Crippen LogP contribution in [0.4, 0.5) is 0 Å². The lowest BCUT2D eigenvalue weighted by Gasteiger charge is -2.30. The fourth-order valence-corrected chi connectivity index (χ4v) is 4.62. The first-order chi connectivity index (χ1) is 12.2. The number of nitrogens with zero attached hydrogens (tertiary/aromatic N) is 1. The van der Waals surface area contributed by atoms with Gasteiger partial charge in [-0.2, -0.15) is 0 Å². The Hall–Kier alpha value is -1.97. The molecule has 0 unspecified atom stereocenters. The van der Waals surface area contributed by atoms with E-state index in [2.05, 4.69) is 52.8 Å². The van der Waals surface area contributed by atoms with Crippen molar-refractivity contribution >= 4 is 34.8 Å². The molecular weight excluding hydrogens is 326 g/mol. The Morgan fingerprint density at radius 2 is 1.88 bits per heavy atom. The fraction of sp³-hybridized carbons (Fsp3) is 0.318. The van der Waals surface area contributed by atoms with Gasteiger partial charge in [-0.1, -0.05) is 35.9 Å². The quantitative estimate of drug-likeness (QED) is 0.655. The molecule has 25 heavy (non-hydrogen) atoms. The van der Waals surface area contributed by atoms with Gasteiger partial charge in [0.05, 0.1) is 0 Å². The first-order valence-electron chi connectivity index (χ1n) is 9.01. The van der Waals surface area contributed by atoms with Crippen LogP contribution < -0.4 is 0 Å². The molecule has 2 aromatic rings. The van der Waals surface area contributed by atoms with Crippen LogP contribution in [0.5, 0.6) is 0 Å². The number of Topliss-reactive ketones (excluding diaryl/α,β-unsaturated/α-hetero) is 1. The number of ketones is 1. The Kier molecular flexibility index (Phi) is 4.69. The summed E-state index contributed by atoms with van der Waals surface area (Å²) in [4.78, 5) is 15.0. The van der Waals surface area contributed by atoms with Gasteiger partial charge in [-0.3, -0.25) is 4.79 Å². The largest absolute Gasteiger partial charge is 0.302 e. The van der Waals surface area contributed by atoms with E-state index in [9.17, 15) is 4.79 Å². The second-order valence-corrected chi connectivity index (χ2v) is 7.84. The van der Waals surface area contributed by atoms with Crippen molar-refractivity contribution in [2.24, 2.45) is 0 Å². The number of rotatable bonds is 3. The number of fused-ring (bicyclic) bond motifs is 2. The number of thiophene rings is 1. The highest BCUT2D eigenvalue weighted by molar-refractivity contribution is 7.11. The summed E-state index contributed by atoms with van der Waals surface area (Å²) in [7, 11) is 0. The predicted octanol–water partition coefficient (Wildman–Crippen LogP) is 5.11. The lowest BCUT2D eigenvalue weighted by atomic mass is 9.87. The van der Waals surface area contributed by atoms with Crippen molar-refractivity contribution < 1.29 is 4.79 Å². The van der Waals surface area contributed by atoms with Crippen LogP contribution in [-0.2, 0) is 4.79 Å². The van der Waals surface area contributed by atoms with Crippen LogP contribution in [0.3, 0.4) is 0 Å². The highest BCUT2D eigenvalue weighted by atomic mass is 32.1. The molecule has 0 N–H and O–H groups in total.